The predicted molar refractivity (Wildman–Crippen MR) is 93.3 cm³/mol. The standard InChI is InChI=1S/C18H28N4O3/c1-11(2)16-20-14-10-22(9-8-15(14)21(16)3)18(25)19-13-6-4-12(5-7-13)17(23)24/h11-13H,4-10H2,1-3H3,(H,19,25)(H,23,24). The third-order valence-corrected chi connectivity index (χ3v) is 5.50. The molecule has 2 aliphatic rings. The SMILES string of the molecule is CC(C)c1nc2c(n1C)CCN(C(=O)NC1CCC(C(=O)O)CC1)C2. The summed E-state index contributed by atoms with van der Waals surface area (Å²) in [4.78, 5) is 30.2. The van der Waals surface area contributed by atoms with Gasteiger partial charge in [-0.15, -0.1) is 0 Å². The van der Waals surface area contributed by atoms with Gasteiger partial charge in [-0.2, -0.15) is 0 Å². The second-order valence-electron chi connectivity index (χ2n) is 7.58. The molecule has 3 rings (SSSR count). The fourth-order valence-corrected chi connectivity index (χ4v) is 3.99. The number of carbonyl (C=O) groups is 2. The van der Waals surface area contributed by atoms with E-state index in [1.807, 2.05) is 4.90 Å². The lowest BCUT2D eigenvalue weighted by Gasteiger charge is -2.31. The summed E-state index contributed by atoms with van der Waals surface area (Å²) in [5, 5.41) is 12.1. The predicted octanol–water partition coefficient (Wildman–Crippen LogP) is 2.25. The first-order valence-electron chi connectivity index (χ1n) is 9.19. The first-order chi connectivity index (χ1) is 11.9. The van der Waals surface area contributed by atoms with E-state index in [0.717, 1.165) is 30.8 Å². The molecule has 0 atom stereocenters. The van der Waals surface area contributed by atoms with E-state index >= 15 is 0 Å². The molecule has 1 aromatic heterocycles. The number of hydrogen-bond donors (Lipinski definition) is 2. The van der Waals surface area contributed by atoms with Gasteiger partial charge in [-0.25, -0.2) is 9.78 Å². The number of aromatic nitrogens is 2. The molecule has 1 aromatic rings. The molecule has 1 fully saturated rings. The number of imidazole rings is 1. The Labute approximate surface area is 148 Å². The number of amides is 2. The Hall–Kier alpha value is -2.05. The molecule has 2 amide bonds. The van der Waals surface area contributed by atoms with Crippen LogP contribution in [0.15, 0.2) is 0 Å². The molecular weight excluding hydrogens is 320 g/mol. The molecule has 0 spiro atoms. The van der Waals surface area contributed by atoms with E-state index in [-0.39, 0.29) is 18.0 Å². The van der Waals surface area contributed by atoms with Crippen LogP contribution in [0.4, 0.5) is 4.79 Å². The lowest BCUT2D eigenvalue weighted by Crippen LogP contribution is -2.48. The van der Waals surface area contributed by atoms with Crippen molar-refractivity contribution in [3.05, 3.63) is 17.2 Å². The summed E-state index contributed by atoms with van der Waals surface area (Å²) < 4.78 is 2.17. The molecule has 0 saturated heterocycles. The first-order valence-corrected chi connectivity index (χ1v) is 9.19. The zero-order chi connectivity index (χ0) is 18.1. The lowest BCUT2D eigenvalue weighted by molar-refractivity contribution is -0.142. The maximum atomic E-state index is 12.6. The fraction of sp³-hybridized carbons (Fsp3) is 0.722. The van der Waals surface area contributed by atoms with E-state index in [1.165, 1.54) is 5.69 Å². The van der Waals surface area contributed by atoms with Crippen LogP contribution < -0.4 is 5.32 Å². The number of carboxylic acid groups (broad SMARTS) is 1. The number of nitrogens with one attached hydrogen (secondary N) is 1. The molecule has 7 heteroatoms. The Morgan fingerprint density at radius 3 is 2.52 bits per heavy atom. The second-order valence-corrected chi connectivity index (χ2v) is 7.58. The average Bonchev–Trinajstić information content (AvgIpc) is 2.92. The summed E-state index contributed by atoms with van der Waals surface area (Å²) in [7, 11) is 2.05. The van der Waals surface area contributed by atoms with Crippen molar-refractivity contribution in [2.24, 2.45) is 13.0 Å². The normalized spacial score (nSPS) is 23.4. The van der Waals surface area contributed by atoms with Crippen LogP contribution in [0.25, 0.3) is 0 Å². The Kier molecular flexibility index (Phi) is 5.01. The molecule has 0 aromatic carbocycles. The Bertz CT molecular complexity index is 660. The van der Waals surface area contributed by atoms with Gasteiger partial charge >= 0.3 is 12.0 Å². The van der Waals surface area contributed by atoms with E-state index in [2.05, 4.69) is 30.8 Å². The third kappa shape index (κ3) is 3.65. The maximum absolute atomic E-state index is 12.6. The molecular formula is C18H28N4O3. The summed E-state index contributed by atoms with van der Waals surface area (Å²) in [6.07, 6.45) is 3.58. The number of rotatable bonds is 3. The van der Waals surface area contributed by atoms with Crippen LogP contribution >= 0.6 is 0 Å². The minimum absolute atomic E-state index is 0.0545. The van der Waals surface area contributed by atoms with Gasteiger partial charge < -0.3 is 19.9 Å². The van der Waals surface area contributed by atoms with Gasteiger partial charge in [0, 0.05) is 37.7 Å². The van der Waals surface area contributed by atoms with Crippen molar-refractivity contribution in [1.29, 1.82) is 0 Å². The second kappa shape index (κ2) is 7.06. The van der Waals surface area contributed by atoms with Crippen LogP contribution in [-0.4, -0.2) is 44.1 Å². The molecule has 1 saturated carbocycles. The molecule has 7 nitrogen and oxygen atoms in total. The number of carboxylic acids is 1. The lowest BCUT2D eigenvalue weighted by atomic mass is 9.86. The van der Waals surface area contributed by atoms with Crippen molar-refractivity contribution < 1.29 is 14.7 Å². The topological polar surface area (TPSA) is 87.5 Å². The highest BCUT2D eigenvalue weighted by Gasteiger charge is 2.30. The molecule has 138 valence electrons. The van der Waals surface area contributed by atoms with Gasteiger partial charge in [0.05, 0.1) is 18.2 Å². The number of urea groups is 1. The molecule has 2 N–H and O–H groups in total. The van der Waals surface area contributed by atoms with Crippen molar-refractivity contribution in [3.63, 3.8) is 0 Å². The van der Waals surface area contributed by atoms with E-state index in [4.69, 9.17) is 10.1 Å². The van der Waals surface area contributed by atoms with Gasteiger partial charge in [-0.05, 0) is 25.7 Å². The zero-order valence-corrected chi connectivity index (χ0v) is 15.3. The number of nitrogens with zero attached hydrogens (tertiary/aromatic N) is 3. The quantitative estimate of drug-likeness (QED) is 0.877. The minimum atomic E-state index is -0.718. The van der Waals surface area contributed by atoms with Gasteiger partial charge in [-0.1, -0.05) is 13.8 Å². The highest BCUT2D eigenvalue weighted by Crippen LogP contribution is 2.26. The van der Waals surface area contributed by atoms with Crippen LogP contribution in [0.3, 0.4) is 0 Å². The van der Waals surface area contributed by atoms with Gasteiger partial charge in [0.25, 0.3) is 0 Å². The first kappa shape index (κ1) is 17.8. The smallest absolute Gasteiger partial charge is 0.317 e. The monoisotopic (exact) mass is 348 g/mol. The molecule has 1 aliphatic heterocycles. The van der Waals surface area contributed by atoms with Crippen molar-refractivity contribution in [3.8, 4) is 0 Å². The van der Waals surface area contributed by atoms with Crippen LogP contribution in [0.5, 0.6) is 0 Å². The largest absolute Gasteiger partial charge is 0.481 e. The van der Waals surface area contributed by atoms with E-state index in [9.17, 15) is 9.59 Å². The van der Waals surface area contributed by atoms with Gasteiger partial charge in [-0.3, -0.25) is 4.79 Å². The molecule has 0 unspecified atom stereocenters. The van der Waals surface area contributed by atoms with Gasteiger partial charge in [0.2, 0.25) is 0 Å². The maximum Gasteiger partial charge on any atom is 0.317 e. The van der Waals surface area contributed by atoms with Gasteiger partial charge in [0.1, 0.15) is 5.82 Å². The van der Waals surface area contributed by atoms with E-state index in [0.29, 0.717) is 31.8 Å². The van der Waals surface area contributed by atoms with Crippen LogP contribution in [0.1, 0.15) is 62.7 Å². The highest BCUT2D eigenvalue weighted by molar-refractivity contribution is 5.75. The summed E-state index contributed by atoms with van der Waals surface area (Å²) >= 11 is 0. The summed E-state index contributed by atoms with van der Waals surface area (Å²) in [5.74, 6) is 0.458. The van der Waals surface area contributed by atoms with Crippen molar-refractivity contribution in [1.82, 2.24) is 19.8 Å². The summed E-state index contributed by atoms with van der Waals surface area (Å²) in [6.45, 7) is 5.50. The van der Waals surface area contributed by atoms with E-state index in [1.54, 1.807) is 0 Å². The number of hydrogen-bond acceptors (Lipinski definition) is 3. The van der Waals surface area contributed by atoms with Crippen molar-refractivity contribution in [2.75, 3.05) is 6.54 Å². The Morgan fingerprint density at radius 1 is 1.24 bits per heavy atom. The Balaban J connectivity index is 1.58. The van der Waals surface area contributed by atoms with Crippen LogP contribution in [0.2, 0.25) is 0 Å². The zero-order valence-electron chi connectivity index (χ0n) is 15.3. The number of fused-ring (bicyclic) bond motifs is 1. The molecule has 2 heterocycles. The number of carbonyl (C=O) groups excluding carboxylic acids is 1. The number of aliphatic carboxylic acids is 1. The minimum Gasteiger partial charge on any atom is -0.481 e. The van der Waals surface area contributed by atoms with Crippen molar-refractivity contribution in [2.45, 2.75) is 64.5 Å². The summed E-state index contributed by atoms with van der Waals surface area (Å²) in [5.41, 5.74) is 2.23. The molecule has 25 heavy (non-hydrogen) atoms. The summed E-state index contributed by atoms with van der Waals surface area (Å²) in [6, 6.07) is 0.0284. The highest BCUT2D eigenvalue weighted by atomic mass is 16.4. The van der Waals surface area contributed by atoms with E-state index < -0.39 is 5.97 Å². The average molecular weight is 348 g/mol. The molecule has 1 aliphatic carbocycles. The van der Waals surface area contributed by atoms with Gasteiger partial charge in [0.15, 0.2) is 0 Å². The molecule has 0 bridgehead atoms. The third-order valence-electron chi connectivity index (χ3n) is 5.50. The Morgan fingerprint density at radius 2 is 1.92 bits per heavy atom. The van der Waals surface area contributed by atoms with Crippen molar-refractivity contribution >= 4 is 12.0 Å². The fourth-order valence-electron chi connectivity index (χ4n) is 3.99. The van der Waals surface area contributed by atoms with Crippen LogP contribution in [0, 0.1) is 5.92 Å². The molecule has 0 radical (unpaired) electrons. The van der Waals surface area contributed by atoms with Crippen LogP contribution in [-0.2, 0) is 24.8 Å².